The molecule has 1 aliphatic rings. The smallest absolute Gasteiger partial charge is 0.180 e. The fourth-order valence-corrected chi connectivity index (χ4v) is 4.37. The van der Waals surface area contributed by atoms with Crippen molar-refractivity contribution in [1.82, 2.24) is 0 Å². The Kier molecular flexibility index (Phi) is 6.19. The summed E-state index contributed by atoms with van der Waals surface area (Å²) in [5.41, 5.74) is 4.52. The van der Waals surface area contributed by atoms with Gasteiger partial charge in [0.15, 0.2) is 30.5 Å². The molecule has 2 aromatic carbocycles. The third-order valence-corrected chi connectivity index (χ3v) is 6.19. The van der Waals surface area contributed by atoms with Crippen molar-refractivity contribution < 1.29 is 18.9 Å². The van der Waals surface area contributed by atoms with Crippen molar-refractivity contribution >= 4 is 23.2 Å². The van der Waals surface area contributed by atoms with E-state index in [1.165, 1.54) is 0 Å². The number of hydrogen-bond donors (Lipinski definition) is 0. The van der Waals surface area contributed by atoms with Gasteiger partial charge in [-0.1, -0.05) is 23.7 Å². The van der Waals surface area contributed by atoms with Crippen molar-refractivity contribution in [3.63, 3.8) is 0 Å². The minimum atomic E-state index is -0.119. The number of carbonyl (C=O) groups is 2. The maximum Gasteiger partial charge on any atom is 0.180 e. The Morgan fingerprint density at radius 3 is 2.65 bits per heavy atom. The molecule has 4 rings (SSSR count). The van der Waals surface area contributed by atoms with E-state index in [1.54, 1.807) is 14.0 Å². The van der Waals surface area contributed by atoms with Gasteiger partial charge < -0.3 is 4.74 Å². The third kappa shape index (κ3) is 4.70. The number of hydrogen-bond acceptors (Lipinski definition) is 3. The van der Waals surface area contributed by atoms with Crippen LogP contribution in [0.1, 0.15) is 50.8 Å². The maximum absolute atomic E-state index is 13.1. The Balaban J connectivity index is 1.55. The number of carbonyl (C=O) groups excluding carboxylic acids is 2. The van der Waals surface area contributed by atoms with Gasteiger partial charge in [-0.25, -0.2) is 4.57 Å². The van der Waals surface area contributed by atoms with Gasteiger partial charge in [0.05, 0.1) is 12.7 Å². The minimum absolute atomic E-state index is 0.00820. The van der Waals surface area contributed by atoms with Crippen LogP contribution >= 0.6 is 11.6 Å². The molecular weight excluding hydrogens is 410 g/mol. The van der Waals surface area contributed by atoms with E-state index in [4.69, 9.17) is 16.3 Å². The van der Waals surface area contributed by atoms with Crippen LogP contribution in [0.25, 0.3) is 0 Å². The molecule has 0 bridgehead atoms. The highest BCUT2D eigenvalue weighted by Crippen LogP contribution is 2.31. The van der Waals surface area contributed by atoms with Gasteiger partial charge in [0.2, 0.25) is 0 Å². The summed E-state index contributed by atoms with van der Waals surface area (Å²) < 4.78 is 7.28. The summed E-state index contributed by atoms with van der Waals surface area (Å²) in [6.07, 6.45) is 6.04. The van der Waals surface area contributed by atoms with Crippen molar-refractivity contribution in [1.29, 1.82) is 0 Å². The van der Waals surface area contributed by atoms with E-state index in [1.807, 2.05) is 65.5 Å². The van der Waals surface area contributed by atoms with E-state index in [9.17, 15) is 9.59 Å². The molecule has 0 fully saturated rings. The summed E-state index contributed by atoms with van der Waals surface area (Å²) in [4.78, 5) is 25.5. The second-order valence-corrected chi connectivity index (χ2v) is 8.50. The molecule has 1 aliphatic carbocycles. The van der Waals surface area contributed by atoms with Gasteiger partial charge in [0.1, 0.15) is 5.75 Å². The van der Waals surface area contributed by atoms with Crippen LogP contribution in [0.15, 0.2) is 60.9 Å². The lowest BCUT2D eigenvalue weighted by molar-refractivity contribution is -0.688. The molecule has 0 radical (unpaired) electrons. The highest BCUT2D eigenvalue weighted by atomic mass is 35.5. The van der Waals surface area contributed by atoms with Gasteiger partial charge in [-0.15, -0.1) is 0 Å². The van der Waals surface area contributed by atoms with E-state index < -0.39 is 0 Å². The molecule has 0 saturated carbocycles. The first kappa shape index (κ1) is 21.3. The van der Waals surface area contributed by atoms with Gasteiger partial charge >= 0.3 is 0 Å². The fourth-order valence-electron chi connectivity index (χ4n) is 4.25. The van der Waals surface area contributed by atoms with Crippen LogP contribution in [0.3, 0.4) is 0 Å². The number of benzene rings is 2. The van der Waals surface area contributed by atoms with Crippen LogP contribution < -0.4 is 9.30 Å². The average Bonchev–Trinajstić information content (AvgIpc) is 2.77. The number of ketones is 2. The predicted molar refractivity (Wildman–Crippen MR) is 120 cm³/mol. The van der Waals surface area contributed by atoms with E-state index in [0.717, 1.165) is 40.8 Å². The standard InChI is InChI=1S/C26H25ClNO3/c1-17(29)25-16-28(15-18-3-7-22(27)8-4-18)12-11-20(25)13-21-6-5-19-14-23(31-2)9-10-24(19)26(21)30/h3-4,7-12,14,16,21H,5-6,13,15H2,1-2H3/q+1. The molecule has 0 spiro atoms. The third-order valence-electron chi connectivity index (χ3n) is 5.94. The Labute approximate surface area is 187 Å². The predicted octanol–water partition coefficient (Wildman–Crippen LogP) is 4.87. The lowest BCUT2D eigenvalue weighted by Crippen LogP contribution is -2.35. The van der Waals surface area contributed by atoms with Crippen LogP contribution in [0.2, 0.25) is 5.02 Å². The normalized spacial score (nSPS) is 15.5. The zero-order valence-electron chi connectivity index (χ0n) is 17.7. The molecule has 158 valence electrons. The van der Waals surface area contributed by atoms with Crippen molar-refractivity contribution in [2.24, 2.45) is 5.92 Å². The van der Waals surface area contributed by atoms with E-state index in [2.05, 4.69) is 0 Å². The molecule has 0 aliphatic heterocycles. The highest BCUT2D eigenvalue weighted by Gasteiger charge is 2.29. The molecule has 0 N–H and O–H groups in total. The van der Waals surface area contributed by atoms with Crippen molar-refractivity contribution in [3.05, 3.63) is 93.8 Å². The zero-order chi connectivity index (χ0) is 22.0. The quantitative estimate of drug-likeness (QED) is 0.410. The fraction of sp³-hybridized carbons (Fsp3) is 0.269. The Bertz CT molecular complexity index is 1140. The lowest BCUT2D eigenvalue weighted by Gasteiger charge is -2.24. The van der Waals surface area contributed by atoms with Gasteiger partial charge in [0, 0.05) is 28.1 Å². The molecule has 31 heavy (non-hydrogen) atoms. The number of nitrogens with zero attached hydrogens (tertiary/aromatic N) is 1. The maximum atomic E-state index is 13.1. The van der Waals surface area contributed by atoms with Crippen LogP contribution in [-0.2, 0) is 19.4 Å². The molecular formula is C26H25ClNO3+. The molecule has 1 atom stereocenters. The Hall–Kier alpha value is -2.98. The molecule has 1 aromatic heterocycles. The van der Waals surface area contributed by atoms with Crippen molar-refractivity contribution in [3.8, 4) is 5.75 Å². The molecule has 0 amide bonds. The van der Waals surface area contributed by atoms with E-state index in [-0.39, 0.29) is 17.5 Å². The molecule has 0 saturated heterocycles. The molecule has 3 aromatic rings. The van der Waals surface area contributed by atoms with Crippen molar-refractivity contribution in [2.75, 3.05) is 7.11 Å². The number of fused-ring (bicyclic) bond motifs is 1. The molecule has 1 unspecified atom stereocenters. The molecule has 4 nitrogen and oxygen atoms in total. The minimum Gasteiger partial charge on any atom is -0.497 e. The number of methoxy groups -OCH3 is 1. The number of rotatable bonds is 6. The monoisotopic (exact) mass is 434 g/mol. The van der Waals surface area contributed by atoms with Crippen LogP contribution in [0.4, 0.5) is 0 Å². The summed E-state index contributed by atoms with van der Waals surface area (Å²) in [5, 5.41) is 0.700. The van der Waals surface area contributed by atoms with E-state index in [0.29, 0.717) is 23.6 Å². The first-order valence-corrected chi connectivity index (χ1v) is 10.8. The van der Waals surface area contributed by atoms with Gasteiger partial charge in [-0.3, -0.25) is 9.59 Å². The summed E-state index contributed by atoms with van der Waals surface area (Å²) in [6.45, 7) is 2.23. The number of aryl methyl sites for hydroxylation is 1. The summed E-state index contributed by atoms with van der Waals surface area (Å²) in [7, 11) is 1.63. The van der Waals surface area contributed by atoms with Gasteiger partial charge in [-0.05, 0) is 67.6 Å². The average molecular weight is 435 g/mol. The first-order chi connectivity index (χ1) is 14.9. The Morgan fingerprint density at radius 1 is 1.16 bits per heavy atom. The van der Waals surface area contributed by atoms with Crippen molar-refractivity contribution in [2.45, 2.75) is 32.7 Å². The van der Waals surface area contributed by atoms with Gasteiger partial charge in [-0.2, -0.15) is 0 Å². The summed E-state index contributed by atoms with van der Waals surface area (Å²) in [5.74, 6) is 0.813. The second kappa shape index (κ2) is 9.03. The van der Waals surface area contributed by atoms with Gasteiger partial charge in [0.25, 0.3) is 0 Å². The van der Waals surface area contributed by atoms with Crippen LogP contribution in [-0.4, -0.2) is 18.7 Å². The number of pyridine rings is 1. The molecule has 1 heterocycles. The SMILES string of the molecule is COc1ccc2c(c1)CCC(Cc1cc[n+](Cc3ccc(Cl)cc3)cc1C(C)=O)C2=O. The number of halogens is 1. The topological polar surface area (TPSA) is 47.2 Å². The van der Waals surface area contributed by atoms with Crippen LogP contribution in [0, 0.1) is 5.92 Å². The number of ether oxygens (including phenoxy) is 1. The number of aromatic nitrogens is 1. The zero-order valence-corrected chi connectivity index (χ0v) is 18.5. The lowest BCUT2D eigenvalue weighted by atomic mass is 9.79. The number of Topliss-reactive ketones (excluding diaryl/α,β-unsaturated/α-hetero) is 2. The van der Waals surface area contributed by atoms with E-state index >= 15 is 0 Å². The molecule has 5 heteroatoms. The van der Waals surface area contributed by atoms with Crippen LogP contribution in [0.5, 0.6) is 5.75 Å². The Morgan fingerprint density at radius 2 is 1.94 bits per heavy atom. The highest BCUT2D eigenvalue weighted by molar-refractivity contribution is 6.30. The summed E-state index contributed by atoms with van der Waals surface area (Å²) >= 11 is 5.97. The first-order valence-electron chi connectivity index (χ1n) is 10.4. The second-order valence-electron chi connectivity index (χ2n) is 8.07. The summed E-state index contributed by atoms with van der Waals surface area (Å²) in [6, 6.07) is 15.3. The largest absolute Gasteiger partial charge is 0.497 e.